The first-order valence-corrected chi connectivity index (χ1v) is 11.9. The second-order valence-corrected chi connectivity index (χ2v) is 10.4. The van der Waals surface area contributed by atoms with Crippen LogP contribution in [0.15, 0.2) is 58.3 Å². The van der Waals surface area contributed by atoms with Crippen molar-refractivity contribution in [2.75, 3.05) is 26.5 Å². The van der Waals surface area contributed by atoms with Crippen molar-refractivity contribution < 1.29 is 26.3 Å². The predicted molar refractivity (Wildman–Crippen MR) is 105 cm³/mol. The van der Waals surface area contributed by atoms with Crippen LogP contribution in [0.2, 0.25) is 0 Å². The van der Waals surface area contributed by atoms with E-state index in [2.05, 4.69) is 0 Å². The van der Waals surface area contributed by atoms with Crippen molar-refractivity contribution in [3.8, 4) is 11.5 Å². The van der Waals surface area contributed by atoms with Crippen molar-refractivity contribution in [3.05, 3.63) is 48.5 Å². The SMILES string of the molecule is COc1ccc(S(=O)(=O)N2CCCC2CS(=O)(=O)c2ccccc2)c(OC)c1. The van der Waals surface area contributed by atoms with E-state index in [9.17, 15) is 16.8 Å². The topological polar surface area (TPSA) is 90.0 Å². The molecule has 7 nitrogen and oxygen atoms in total. The number of ether oxygens (including phenoxy) is 2. The Balaban J connectivity index is 1.92. The molecular formula is C19H23NO6S2. The third kappa shape index (κ3) is 4.01. The Hall–Kier alpha value is -2.10. The quantitative estimate of drug-likeness (QED) is 0.676. The molecule has 3 rings (SSSR count). The van der Waals surface area contributed by atoms with E-state index >= 15 is 0 Å². The van der Waals surface area contributed by atoms with Crippen LogP contribution in [0.25, 0.3) is 0 Å². The standard InChI is InChI=1S/C19H23NO6S2/c1-25-16-10-11-19(18(13-16)26-2)28(23,24)20-12-6-7-15(20)14-27(21,22)17-8-4-3-5-9-17/h3-5,8-11,13,15H,6-7,12,14H2,1-2H3. The molecule has 2 aromatic carbocycles. The first kappa shape index (κ1) is 20.6. The highest BCUT2D eigenvalue weighted by molar-refractivity contribution is 7.91. The summed E-state index contributed by atoms with van der Waals surface area (Å²) in [5.41, 5.74) is 0. The summed E-state index contributed by atoms with van der Waals surface area (Å²) in [7, 11) is -4.66. The van der Waals surface area contributed by atoms with Crippen LogP contribution in [0.1, 0.15) is 12.8 Å². The molecular weight excluding hydrogens is 402 g/mol. The normalized spacial score (nSPS) is 18.1. The summed E-state index contributed by atoms with van der Waals surface area (Å²) in [4.78, 5) is 0.195. The molecule has 2 aromatic rings. The predicted octanol–water partition coefficient (Wildman–Crippen LogP) is 2.33. The summed E-state index contributed by atoms with van der Waals surface area (Å²) in [6.45, 7) is 0.270. The molecule has 1 aliphatic heterocycles. The van der Waals surface area contributed by atoms with Gasteiger partial charge in [0.25, 0.3) is 0 Å². The molecule has 1 heterocycles. The first-order chi connectivity index (χ1) is 13.3. The lowest BCUT2D eigenvalue weighted by atomic mass is 10.3. The van der Waals surface area contributed by atoms with E-state index in [0.29, 0.717) is 18.6 Å². The third-order valence-corrected chi connectivity index (χ3v) is 8.60. The van der Waals surface area contributed by atoms with Gasteiger partial charge in [0.2, 0.25) is 10.0 Å². The molecule has 0 radical (unpaired) electrons. The molecule has 28 heavy (non-hydrogen) atoms. The fraction of sp³-hybridized carbons (Fsp3) is 0.368. The van der Waals surface area contributed by atoms with Gasteiger partial charge in [-0.3, -0.25) is 0 Å². The van der Waals surface area contributed by atoms with Crippen molar-refractivity contribution in [2.45, 2.75) is 28.7 Å². The van der Waals surface area contributed by atoms with Crippen LogP contribution in [-0.2, 0) is 19.9 Å². The first-order valence-electron chi connectivity index (χ1n) is 8.81. The molecule has 1 atom stereocenters. The molecule has 0 amide bonds. The number of sulfonamides is 1. The molecule has 1 unspecified atom stereocenters. The lowest BCUT2D eigenvalue weighted by Gasteiger charge is -2.25. The van der Waals surface area contributed by atoms with E-state index in [1.54, 1.807) is 24.3 Å². The maximum atomic E-state index is 13.3. The minimum atomic E-state index is -3.92. The minimum Gasteiger partial charge on any atom is -0.497 e. The summed E-state index contributed by atoms with van der Waals surface area (Å²) in [6, 6.07) is 11.9. The number of methoxy groups -OCH3 is 2. The Bertz CT molecular complexity index is 1040. The Morgan fingerprint density at radius 1 is 1.00 bits per heavy atom. The van der Waals surface area contributed by atoms with Gasteiger partial charge in [-0.25, -0.2) is 16.8 Å². The second kappa shape index (κ2) is 8.10. The molecule has 0 spiro atoms. The average Bonchev–Trinajstić information content (AvgIpc) is 3.16. The average molecular weight is 426 g/mol. The van der Waals surface area contributed by atoms with Crippen LogP contribution in [-0.4, -0.2) is 53.7 Å². The van der Waals surface area contributed by atoms with E-state index in [1.165, 1.54) is 42.8 Å². The largest absolute Gasteiger partial charge is 0.497 e. The van der Waals surface area contributed by atoms with Gasteiger partial charge in [0, 0.05) is 18.7 Å². The summed E-state index contributed by atoms with van der Waals surface area (Å²) in [6.07, 6.45) is 1.09. The van der Waals surface area contributed by atoms with E-state index < -0.39 is 25.9 Å². The minimum absolute atomic E-state index is 0.000177. The molecule has 0 bridgehead atoms. The van der Waals surface area contributed by atoms with E-state index in [4.69, 9.17) is 9.47 Å². The van der Waals surface area contributed by atoms with Crippen LogP contribution in [0.5, 0.6) is 11.5 Å². The molecule has 1 saturated heterocycles. The summed E-state index contributed by atoms with van der Waals surface area (Å²) in [5, 5.41) is 0. The van der Waals surface area contributed by atoms with Crippen molar-refractivity contribution in [2.24, 2.45) is 0 Å². The van der Waals surface area contributed by atoms with E-state index in [0.717, 1.165) is 0 Å². The maximum absolute atomic E-state index is 13.3. The van der Waals surface area contributed by atoms with Gasteiger partial charge in [0.15, 0.2) is 9.84 Å². The number of nitrogens with zero attached hydrogens (tertiary/aromatic N) is 1. The zero-order valence-electron chi connectivity index (χ0n) is 15.7. The number of benzene rings is 2. The van der Waals surface area contributed by atoms with Gasteiger partial charge in [-0.15, -0.1) is 0 Å². The molecule has 1 fully saturated rings. The summed E-state index contributed by atoms with van der Waals surface area (Å²) >= 11 is 0. The number of rotatable bonds is 7. The van der Waals surface area contributed by atoms with Gasteiger partial charge in [-0.2, -0.15) is 4.31 Å². The van der Waals surface area contributed by atoms with Crippen LogP contribution in [0.4, 0.5) is 0 Å². The Morgan fingerprint density at radius 2 is 1.71 bits per heavy atom. The van der Waals surface area contributed by atoms with Crippen molar-refractivity contribution in [3.63, 3.8) is 0 Å². The molecule has 1 aliphatic rings. The van der Waals surface area contributed by atoms with E-state index in [-0.39, 0.29) is 27.8 Å². The molecule has 0 saturated carbocycles. The van der Waals surface area contributed by atoms with Gasteiger partial charge in [-0.05, 0) is 37.1 Å². The highest BCUT2D eigenvalue weighted by Crippen LogP contribution is 2.34. The zero-order chi connectivity index (χ0) is 20.4. The van der Waals surface area contributed by atoms with Crippen molar-refractivity contribution in [1.29, 1.82) is 0 Å². The number of sulfone groups is 1. The Labute approximate surface area is 165 Å². The van der Waals surface area contributed by atoms with Gasteiger partial charge in [-0.1, -0.05) is 18.2 Å². The monoisotopic (exact) mass is 425 g/mol. The van der Waals surface area contributed by atoms with Crippen molar-refractivity contribution in [1.82, 2.24) is 4.31 Å². The molecule has 0 aliphatic carbocycles. The lowest BCUT2D eigenvalue weighted by Crippen LogP contribution is -2.39. The fourth-order valence-corrected chi connectivity index (χ4v) is 6.93. The third-order valence-electron chi connectivity index (χ3n) is 4.79. The Morgan fingerprint density at radius 3 is 2.36 bits per heavy atom. The fourth-order valence-electron chi connectivity index (χ4n) is 3.38. The molecule has 0 aromatic heterocycles. The number of hydrogen-bond donors (Lipinski definition) is 0. The Kier molecular flexibility index (Phi) is 5.97. The molecule has 0 N–H and O–H groups in total. The molecule has 9 heteroatoms. The van der Waals surface area contributed by atoms with Gasteiger partial charge < -0.3 is 9.47 Å². The van der Waals surface area contributed by atoms with Gasteiger partial charge in [0.1, 0.15) is 16.4 Å². The van der Waals surface area contributed by atoms with Crippen LogP contribution >= 0.6 is 0 Å². The zero-order valence-corrected chi connectivity index (χ0v) is 17.4. The number of hydrogen-bond acceptors (Lipinski definition) is 6. The smallest absolute Gasteiger partial charge is 0.247 e. The lowest BCUT2D eigenvalue weighted by molar-refractivity contribution is 0.377. The highest BCUT2D eigenvalue weighted by atomic mass is 32.2. The van der Waals surface area contributed by atoms with E-state index in [1.807, 2.05) is 0 Å². The van der Waals surface area contributed by atoms with Gasteiger partial charge in [0.05, 0.1) is 24.9 Å². The summed E-state index contributed by atoms with van der Waals surface area (Å²) in [5.74, 6) is 0.380. The van der Waals surface area contributed by atoms with Crippen LogP contribution in [0, 0.1) is 0 Å². The maximum Gasteiger partial charge on any atom is 0.247 e. The summed E-state index contributed by atoms with van der Waals surface area (Å²) < 4.78 is 63.6. The highest BCUT2D eigenvalue weighted by Gasteiger charge is 2.39. The second-order valence-electron chi connectivity index (χ2n) is 6.52. The van der Waals surface area contributed by atoms with Gasteiger partial charge >= 0.3 is 0 Å². The molecule has 152 valence electrons. The van der Waals surface area contributed by atoms with Crippen LogP contribution < -0.4 is 9.47 Å². The van der Waals surface area contributed by atoms with Crippen LogP contribution in [0.3, 0.4) is 0 Å². The van der Waals surface area contributed by atoms with Crippen molar-refractivity contribution >= 4 is 19.9 Å².